The van der Waals surface area contributed by atoms with Gasteiger partial charge >= 0.3 is 5.97 Å². The van der Waals surface area contributed by atoms with Gasteiger partial charge in [-0.25, -0.2) is 14.2 Å². The van der Waals surface area contributed by atoms with Crippen LogP contribution in [0.3, 0.4) is 0 Å². The van der Waals surface area contributed by atoms with Crippen LogP contribution < -0.4 is 5.32 Å². The SMILES string of the molecule is COC(=O)c1ccc(F)c(NC(=O)c2n[nH]c(C)n2)c1. The molecule has 7 nitrogen and oxygen atoms in total. The van der Waals surface area contributed by atoms with Crippen molar-refractivity contribution in [1.29, 1.82) is 0 Å². The summed E-state index contributed by atoms with van der Waals surface area (Å²) in [5.41, 5.74) is -0.0317. The second-order valence-corrected chi connectivity index (χ2v) is 3.88. The predicted octanol–water partition coefficient (Wildman–Crippen LogP) is 1.29. The maximum atomic E-state index is 13.6. The number of hydrogen-bond acceptors (Lipinski definition) is 5. The highest BCUT2D eigenvalue weighted by Gasteiger charge is 2.15. The van der Waals surface area contributed by atoms with Crippen LogP contribution in [0, 0.1) is 12.7 Å². The highest BCUT2D eigenvalue weighted by Crippen LogP contribution is 2.17. The van der Waals surface area contributed by atoms with Gasteiger partial charge in [-0.2, -0.15) is 0 Å². The van der Waals surface area contributed by atoms with Crippen molar-refractivity contribution < 1.29 is 18.7 Å². The Morgan fingerprint density at radius 2 is 2.15 bits per heavy atom. The molecule has 20 heavy (non-hydrogen) atoms. The first-order chi connectivity index (χ1) is 9.51. The minimum Gasteiger partial charge on any atom is -0.465 e. The lowest BCUT2D eigenvalue weighted by molar-refractivity contribution is 0.0600. The van der Waals surface area contributed by atoms with Gasteiger partial charge in [0.1, 0.15) is 11.6 Å². The summed E-state index contributed by atoms with van der Waals surface area (Å²) in [4.78, 5) is 27.0. The molecule has 1 heterocycles. The van der Waals surface area contributed by atoms with Gasteiger partial charge in [-0.05, 0) is 25.1 Å². The first-order valence-electron chi connectivity index (χ1n) is 5.59. The molecule has 0 aliphatic heterocycles. The highest BCUT2D eigenvalue weighted by atomic mass is 19.1. The molecule has 0 radical (unpaired) electrons. The summed E-state index contributed by atoms with van der Waals surface area (Å²) in [6, 6.07) is 3.50. The fourth-order valence-electron chi connectivity index (χ4n) is 1.49. The Hall–Kier alpha value is -2.77. The number of H-pyrrole nitrogens is 1. The molecule has 0 unspecified atom stereocenters. The Kier molecular flexibility index (Phi) is 3.74. The van der Waals surface area contributed by atoms with Gasteiger partial charge in [-0.1, -0.05) is 0 Å². The number of nitrogens with one attached hydrogen (secondary N) is 2. The van der Waals surface area contributed by atoms with Gasteiger partial charge in [0.15, 0.2) is 0 Å². The van der Waals surface area contributed by atoms with Crippen LogP contribution in [-0.2, 0) is 4.74 Å². The minimum atomic E-state index is -0.685. The number of amides is 1. The molecule has 2 N–H and O–H groups in total. The summed E-state index contributed by atoms with van der Waals surface area (Å²) in [5, 5.41) is 8.44. The second kappa shape index (κ2) is 5.47. The van der Waals surface area contributed by atoms with E-state index in [1.54, 1.807) is 6.92 Å². The van der Waals surface area contributed by atoms with Crippen LogP contribution in [0.25, 0.3) is 0 Å². The van der Waals surface area contributed by atoms with Crippen LogP contribution >= 0.6 is 0 Å². The second-order valence-electron chi connectivity index (χ2n) is 3.88. The van der Waals surface area contributed by atoms with Crippen molar-refractivity contribution >= 4 is 17.6 Å². The van der Waals surface area contributed by atoms with Gasteiger partial charge in [0.25, 0.3) is 5.91 Å². The molecule has 0 saturated carbocycles. The van der Waals surface area contributed by atoms with Crippen molar-refractivity contribution in [3.8, 4) is 0 Å². The summed E-state index contributed by atoms with van der Waals surface area (Å²) in [5.74, 6) is -1.66. The van der Waals surface area contributed by atoms with Crippen molar-refractivity contribution in [3.63, 3.8) is 0 Å². The lowest BCUT2D eigenvalue weighted by Crippen LogP contribution is -2.15. The van der Waals surface area contributed by atoms with Gasteiger partial charge in [-0.15, -0.1) is 5.10 Å². The number of aromatic nitrogens is 3. The molecule has 0 spiro atoms. The van der Waals surface area contributed by atoms with Crippen LogP contribution in [0.15, 0.2) is 18.2 Å². The van der Waals surface area contributed by atoms with E-state index in [0.29, 0.717) is 5.82 Å². The van der Waals surface area contributed by atoms with E-state index in [9.17, 15) is 14.0 Å². The smallest absolute Gasteiger partial charge is 0.337 e. The maximum absolute atomic E-state index is 13.6. The van der Waals surface area contributed by atoms with E-state index in [4.69, 9.17) is 0 Å². The number of aromatic amines is 1. The minimum absolute atomic E-state index is 0.120. The topological polar surface area (TPSA) is 97.0 Å². The molecule has 0 bridgehead atoms. The number of halogens is 1. The molecule has 2 aromatic rings. The van der Waals surface area contributed by atoms with Gasteiger partial charge in [-0.3, -0.25) is 9.89 Å². The van der Waals surface area contributed by atoms with E-state index >= 15 is 0 Å². The molecular weight excluding hydrogens is 267 g/mol. The van der Waals surface area contributed by atoms with E-state index in [-0.39, 0.29) is 17.1 Å². The fraction of sp³-hybridized carbons (Fsp3) is 0.167. The maximum Gasteiger partial charge on any atom is 0.337 e. The summed E-state index contributed by atoms with van der Waals surface area (Å²) in [6.07, 6.45) is 0. The Morgan fingerprint density at radius 3 is 2.75 bits per heavy atom. The van der Waals surface area contributed by atoms with Crippen molar-refractivity contribution in [3.05, 3.63) is 41.2 Å². The number of ether oxygens (including phenoxy) is 1. The predicted molar refractivity (Wildman–Crippen MR) is 66.8 cm³/mol. The van der Waals surface area contributed by atoms with Crippen molar-refractivity contribution in [2.75, 3.05) is 12.4 Å². The molecule has 0 atom stereocenters. The zero-order chi connectivity index (χ0) is 14.7. The lowest BCUT2D eigenvalue weighted by atomic mass is 10.2. The Balaban J connectivity index is 2.24. The van der Waals surface area contributed by atoms with E-state index in [0.717, 1.165) is 6.07 Å². The molecule has 2 rings (SSSR count). The monoisotopic (exact) mass is 278 g/mol. The third-order valence-electron chi connectivity index (χ3n) is 2.44. The quantitative estimate of drug-likeness (QED) is 0.824. The number of rotatable bonds is 3. The zero-order valence-electron chi connectivity index (χ0n) is 10.7. The Labute approximate surface area is 113 Å². The van der Waals surface area contributed by atoms with E-state index in [2.05, 4.69) is 25.2 Å². The number of benzene rings is 1. The molecule has 0 aliphatic carbocycles. The highest BCUT2D eigenvalue weighted by molar-refractivity contribution is 6.02. The third-order valence-corrected chi connectivity index (χ3v) is 2.44. The molecule has 104 valence electrons. The van der Waals surface area contributed by atoms with Crippen molar-refractivity contribution in [2.45, 2.75) is 6.92 Å². The largest absolute Gasteiger partial charge is 0.465 e. The van der Waals surface area contributed by atoms with Crippen LogP contribution in [-0.4, -0.2) is 34.2 Å². The van der Waals surface area contributed by atoms with Gasteiger partial charge in [0.05, 0.1) is 18.4 Å². The molecule has 0 aliphatic rings. The zero-order valence-corrected chi connectivity index (χ0v) is 10.7. The van der Waals surface area contributed by atoms with Crippen LogP contribution in [0.1, 0.15) is 26.8 Å². The average molecular weight is 278 g/mol. The number of nitrogens with zero attached hydrogens (tertiary/aromatic N) is 2. The molecule has 8 heteroatoms. The van der Waals surface area contributed by atoms with Crippen LogP contribution in [0.4, 0.5) is 10.1 Å². The van der Waals surface area contributed by atoms with Crippen molar-refractivity contribution in [1.82, 2.24) is 15.2 Å². The Morgan fingerprint density at radius 1 is 1.40 bits per heavy atom. The number of carbonyl (C=O) groups is 2. The molecule has 0 fully saturated rings. The number of methoxy groups -OCH3 is 1. The van der Waals surface area contributed by atoms with E-state index in [1.807, 2.05) is 0 Å². The van der Waals surface area contributed by atoms with Gasteiger partial charge in [0, 0.05) is 0 Å². The van der Waals surface area contributed by atoms with E-state index < -0.39 is 17.7 Å². The summed E-state index contributed by atoms with van der Waals surface area (Å²) in [7, 11) is 1.21. The van der Waals surface area contributed by atoms with Crippen LogP contribution in [0.5, 0.6) is 0 Å². The molecule has 1 aromatic heterocycles. The van der Waals surface area contributed by atoms with Crippen molar-refractivity contribution in [2.24, 2.45) is 0 Å². The normalized spacial score (nSPS) is 10.2. The van der Waals surface area contributed by atoms with Gasteiger partial charge in [0.2, 0.25) is 5.82 Å². The van der Waals surface area contributed by atoms with Gasteiger partial charge < -0.3 is 10.1 Å². The number of carbonyl (C=O) groups excluding carboxylic acids is 2. The molecular formula is C12H11FN4O3. The Bertz CT molecular complexity index is 668. The number of aryl methyl sites for hydroxylation is 1. The standard InChI is InChI=1S/C12H11FN4O3/c1-6-14-10(17-16-6)11(18)15-9-5-7(12(19)20-2)3-4-8(9)13/h3-5H,1-2H3,(H,15,18)(H,14,16,17). The summed E-state index contributed by atoms with van der Waals surface area (Å²) in [6.45, 7) is 1.63. The van der Waals surface area contributed by atoms with E-state index in [1.165, 1.54) is 19.2 Å². The summed E-state index contributed by atoms with van der Waals surface area (Å²) < 4.78 is 18.1. The third kappa shape index (κ3) is 2.79. The fourth-order valence-corrected chi connectivity index (χ4v) is 1.49. The first-order valence-corrected chi connectivity index (χ1v) is 5.59. The first kappa shape index (κ1) is 13.7. The molecule has 0 saturated heterocycles. The molecule has 1 aromatic carbocycles. The van der Waals surface area contributed by atoms with Crippen LogP contribution in [0.2, 0.25) is 0 Å². The average Bonchev–Trinajstić information content (AvgIpc) is 2.87. The lowest BCUT2D eigenvalue weighted by Gasteiger charge is -2.06. The number of esters is 1. The molecule has 1 amide bonds. The number of hydrogen-bond donors (Lipinski definition) is 2. The number of anilines is 1. The summed E-state index contributed by atoms with van der Waals surface area (Å²) >= 11 is 0.